The number of benzene rings is 2. The number of amides is 1. The number of carbonyl (C=O) groups excluding carboxylic acids is 1. The van der Waals surface area contributed by atoms with E-state index in [-0.39, 0.29) is 41.9 Å². The van der Waals surface area contributed by atoms with Gasteiger partial charge in [-0.05, 0) is 55.8 Å². The average Bonchev–Trinajstić information content (AvgIpc) is 2.70. The normalized spacial score (nSPS) is 19.9. The number of rotatable bonds is 6. The molecule has 3 rings (SSSR count). The third-order valence-electron chi connectivity index (χ3n) is 5.15. The van der Waals surface area contributed by atoms with Crippen LogP contribution in [0.4, 0.5) is 17.6 Å². The summed E-state index contributed by atoms with van der Waals surface area (Å²) in [7, 11) is 0. The van der Waals surface area contributed by atoms with Crippen molar-refractivity contribution in [2.24, 2.45) is 0 Å². The van der Waals surface area contributed by atoms with E-state index in [1.165, 1.54) is 24.3 Å². The Labute approximate surface area is 178 Å². The first-order chi connectivity index (χ1) is 14.6. The van der Waals surface area contributed by atoms with E-state index in [4.69, 9.17) is 4.74 Å². The van der Waals surface area contributed by atoms with Gasteiger partial charge in [-0.1, -0.05) is 12.1 Å². The molecule has 1 fully saturated rings. The summed E-state index contributed by atoms with van der Waals surface area (Å²) >= 11 is 0. The number of ether oxygens (including phenoxy) is 2. The van der Waals surface area contributed by atoms with Crippen LogP contribution in [0.3, 0.4) is 0 Å². The zero-order valence-corrected chi connectivity index (χ0v) is 17.2. The first-order valence-corrected chi connectivity index (χ1v) is 9.87. The molecule has 1 aliphatic rings. The molecule has 0 unspecified atom stereocenters. The van der Waals surface area contributed by atoms with Crippen LogP contribution in [-0.2, 0) is 11.3 Å². The molecule has 2 aromatic rings. The Morgan fingerprint density at radius 3 is 2.19 bits per heavy atom. The van der Waals surface area contributed by atoms with Gasteiger partial charge in [0.15, 0.2) is 6.61 Å². The Morgan fingerprint density at radius 2 is 1.58 bits per heavy atom. The Balaban J connectivity index is 1.51. The molecule has 1 aliphatic heterocycles. The van der Waals surface area contributed by atoms with Crippen molar-refractivity contribution in [3.05, 3.63) is 59.9 Å². The van der Waals surface area contributed by atoms with E-state index in [0.29, 0.717) is 19.6 Å². The molecule has 2 aromatic carbocycles. The minimum Gasteiger partial charge on any atom is -0.484 e. The van der Waals surface area contributed by atoms with E-state index in [1.54, 1.807) is 17.0 Å². The Kier molecular flexibility index (Phi) is 7.04. The van der Waals surface area contributed by atoms with Gasteiger partial charge >= 0.3 is 6.36 Å². The lowest BCUT2D eigenvalue weighted by Crippen LogP contribution is -2.58. The number of hydrogen-bond acceptors (Lipinski definition) is 4. The summed E-state index contributed by atoms with van der Waals surface area (Å²) in [5.74, 6) is -0.552. The van der Waals surface area contributed by atoms with Gasteiger partial charge in [0.2, 0.25) is 0 Å². The molecule has 31 heavy (non-hydrogen) atoms. The monoisotopic (exact) mass is 440 g/mol. The highest BCUT2D eigenvalue weighted by atomic mass is 19.4. The predicted molar refractivity (Wildman–Crippen MR) is 106 cm³/mol. The highest BCUT2D eigenvalue weighted by Gasteiger charge is 2.32. The van der Waals surface area contributed by atoms with Gasteiger partial charge in [0, 0.05) is 31.7 Å². The van der Waals surface area contributed by atoms with E-state index in [2.05, 4.69) is 9.64 Å². The van der Waals surface area contributed by atoms with Gasteiger partial charge in [0.1, 0.15) is 17.3 Å². The van der Waals surface area contributed by atoms with Crippen LogP contribution >= 0.6 is 0 Å². The molecule has 0 bridgehead atoms. The first-order valence-electron chi connectivity index (χ1n) is 9.87. The molecule has 1 amide bonds. The maximum absolute atomic E-state index is 13.1. The second kappa shape index (κ2) is 9.55. The van der Waals surface area contributed by atoms with Gasteiger partial charge in [-0.15, -0.1) is 13.2 Å². The van der Waals surface area contributed by atoms with Crippen molar-refractivity contribution in [1.29, 1.82) is 0 Å². The highest BCUT2D eigenvalue weighted by molar-refractivity contribution is 5.78. The maximum Gasteiger partial charge on any atom is 0.573 e. The largest absolute Gasteiger partial charge is 0.573 e. The van der Waals surface area contributed by atoms with Crippen molar-refractivity contribution in [2.75, 3.05) is 19.7 Å². The van der Waals surface area contributed by atoms with Crippen molar-refractivity contribution < 1.29 is 31.8 Å². The lowest BCUT2D eigenvalue weighted by molar-refractivity contribution is -0.274. The molecule has 0 aliphatic carbocycles. The minimum absolute atomic E-state index is 0.0460. The Hall–Kier alpha value is -2.81. The molecule has 0 saturated carbocycles. The van der Waals surface area contributed by atoms with Crippen LogP contribution in [0.25, 0.3) is 0 Å². The topological polar surface area (TPSA) is 42.0 Å². The van der Waals surface area contributed by atoms with E-state index < -0.39 is 6.36 Å². The van der Waals surface area contributed by atoms with Gasteiger partial charge in [-0.25, -0.2) is 4.39 Å². The molecule has 168 valence electrons. The summed E-state index contributed by atoms with van der Waals surface area (Å²) in [6.07, 6.45) is -4.76. The standard InChI is InChI=1S/C22H24F4N2O3/c1-15-12-28(16(2)11-27(15)13-17-3-5-18(23)6-4-17)21(29)14-30-19-7-9-20(10-8-19)31-22(24,25)26/h3-10,15-16H,11-14H2,1-2H3/t15-,16+/m1/s1. The third-order valence-corrected chi connectivity index (χ3v) is 5.15. The first kappa shape index (κ1) is 22.9. The van der Waals surface area contributed by atoms with Crippen molar-refractivity contribution in [3.63, 3.8) is 0 Å². The number of carbonyl (C=O) groups is 1. The molecule has 0 radical (unpaired) electrons. The zero-order chi connectivity index (χ0) is 22.6. The van der Waals surface area contributed by atoms with Crippen LogP contribution in [0.15, 0.2) is 48.5 Å². The predicted octanol–water partition coefficient (Wildman–Crippen LogP) is 4.22. The van der Waals surface area contributed by atoms with Crippen LogP contribution in [0.5, 0.6) is 11.5 Å². The third kappa shape index (κ3) is 6.58. The molecule has 1 saturated heterocycles. The lowest BCUT2D eigenvalue weighted by Gasteiger charge is -2.44. The van der Waals surface area contributed by atoms with E-state index in [9.17, 15) is 22.4 Å². The quantitative estimate of drug-likeness (QED) is 0.631. The number of piperazine rings is 1. The fourth-order valence-corrected chi connectivity index (χ4v) is 3.56. The molecule has 9 heteroatoms. The molecule has 5 nitrogen and oxygen atoms in total. The second-order valence-electron chi connectivity index (χ2n) is 7.61. The molecular formula is C22H24F4N2O3. The molecule has 2 atom stereocenters. The summed E-state index contributed by atoms with van der Waals surface area (Å²) in [6, 6.07) is 11.3. The van der Waals surface area contributed by atoms with Crippen LogP contribution in [-0.4, -0.2) is 53.8 Å². The van der Waals surface area contributed by atoms with E-state index >= 15 is 0 Å². The fourth-order valence-electron chi connectivity index (χ4n) is 3.56. The molecule has 0 spiro atoms. The van der Waals surface area contributed by atoms with Crippen LogP contribution in [0.1, 0.15) is 19.4 Å². The number of halogens is 4. The maximum atomic E-state index is 13.1. The highest BCUT2D eigenvalue weighted by Crippen LogP contribution is 2.25. The van der Waals surface area contributed by atoms with Crippen LogP contribution < -0.4 is 9.47 Å². The van der Waals surface area contributed by atoms with Gasteiger partial charge in [0.05, 0.1) is 0 Å². The van der Waals surface area contributed by atoms with Gasteiger partial charge < -0.3 is 14.4 Å². The van der Waals surface area contributed by atoms with Crippen molar-refractivity contribution in [3.8, 4) is 11.5 Å². The smallest absolute Gasteiger partial charge is 0.484 e. The average molecular weight is 440 g/mol. The second-order valence-corrected chi connectivity index (χ2v) is 7.61. The summed E-state index contributed by atoms with van der Waals surface area (Å²) in [4.78, 5) is 16.6. The molecule has 0 N–H and O–H groups in total. The summed E-state index contributed by atoms with van der Waals surface area (Å²) in [5, 5.41) is 0. The SMILES string of the molecule is C[C@@H]1CN(C(=O)COc2ccc(OC(F)(F)F)cc2)[C@@H](C)CN1Cc1ccc(F)cc1. The van der Waals surface area contributed by atoms with Gasteiger partial charge in [-0.2, -0.15) is 0 Å². The zero-order valence-electron chi connectivity index (χ0n) is 17.2. The number of alkyl halides is 3. The van der Waals surface area contributed by atoms with Crippen molar-refractivity contribution in [2.45, 2.75) is 38.8 Å². The molecule has 0 aromatic heterocycles. The molecule has 1 heterocycles. The fraction of sp³-hybridized carbons (Fsp3) is 0.409. The van der Waals surface area contributed by atoms with Crippen molar-refractivity contribution in [1.82, 2.24) is 9.80 Å². The summed E-state index contributed by atoms with van der Waals surface area (Å²) < 4.78 is 59.0. The van der Waals surface area contributed by atoms with E-state index in [0.717, 1.165) is 17.7 Å². The number of nitrogens with zero attached hydrogens (tertiary/aromatic N) is 2. The van der Waals surface area contributed by atoms with Gasteiger partial charge in [0.25, 0.3) is 5.91 Å². The van der Waals surface area contributed by atoms with E-state index in [1.807, 2.05) is 13.8 Å². The summed E-state index contributed by atoms with van der Waals surface area (Å²) in [6.45, 7) is 5.60. The Bertz CT molecular complexity index is 872. The Morgan fingerprint density at radius 1 is 0.968 bits per heavy atom. The lowest BCUT2D eigenvalue weighted by atomic mass is 10.1. The van der Waals surface area contributed by atoms with Crippen LogP contribution in [0, 0.1) is 5.82 Å². The van der Waals surface area contributed by atoms with Gasteiger partial charge in [-0.3, -0.25) is 9.69 Å². The van der Waals surface area contributed by atoms with Crippen molar-refractivity contribution >= 4 is 5.91 Å². The number of hydrogen-bond donors (Lipinski definition) is 0. The molecular weight excluding hydrogens is 416 g/mol. The minimum atomic E-state index is -4.76. The van der Waals surface area contributed by atoms with Crippen LogP contribution in [0.2, 0.25) is 0 Å². The summed E-state index contributed by atoms with van der Waals surface area (Å²) in [5.41, 5.74) is 1.00.